The molecule has 4 rings (SSSR count). The second-order valence-electron chi connectivity index (χ2n) is 8.37. The minimum Gasteiger partial charge on any atom is -0.394 e. The topological polar surface area (TPSA) is 96.7 Å². The Hall–Kier alpha value is -2.84. The molecule has 0 bridgehead atoms. The van der Waals surface area contributed by atoms with E-state index in [0.717, 1.165) is 21.6 Å². The molecule has 0 unspecified atom stereocenters. The predicted molar refractivity (Wildman–Crippen MR) is 136 cm³/mol. The van der Waals surface area contributed by atoms with Gasteiger partial charge in [-0.15, -0.1) is 0 Å². The lowest BCUT2D eigenvalue weighted by Crippen LogP contribution is -2.58. The van der Waals surface area contributed by atoms with E-state index in [1.54, 1.807) is 0 Å². The largest absolute Gasteiger partial charge is 0.394 e. The maximum Gasteiger partial charge on any atom is 0.119 e. The molecule has 3 aromatic carbocycles. The van der Waals surface area contributed by atoms with Crippen molar-refractivity contribution in [1.82, 2.24) is 0 Å². The second kappa shape index (κ2) is 12.7. The Bertz CT molecular complexity index is 1090. The number of nitrogens with zero attached hydrogens (tertiary/aromatic N) is 3. The molecule has 1 fully saturated rings. The number of aliphatic hydroxyl groups is 1. The van der Waals surface area contributed by atoms with Crippen LogP contribution >= 0.6 is 11.8 Å². The van der Waals surface area contributed by atoms with Crippen LogP contribution in [0.25, 0.3) is 10.4 Å². The molecule has 0 amide bonds. The van der Waals surface area contributed by atoms with E-state index in [1.807, 2.05) is 91.9 Å². The van der Waals surface area contributed by atoms with Crippen LogP contribution in [0.15, 0.2) is 94.9 Å². The zero-order chi connectivity index (χ0) is 24.5. The third kappa shape index (κ3) is 6.86. The number of ether oxygens (including phenoxy) is 3. The smallest absolute Gasteiger partial charge is 0.119 e. The fraction of sp³-hybridized carbons (Fsp3) is 0.333. The Kier molecular flexibility index (Phi) is 9.20. The Morgan fingerprint density at radius 1 is 0.886 bits per heavy atom. The molecule has 7 nitrogen and oxygen atoms in total. The Morgan fingerprint density at radius 3 is 2.00 bits per heavy atom. The average molecular weight is 492 g/mol. The fourth-order valence-corrected chi connectivity index (χ4v) is 5.10. The molecule has 1 aliphatic heterocycles. The summed E-state index contributed by atoms with van der Waals surface area (Å²) < 4.78 is 18.9. The Labute approximate surface area is 209 Å². The molecule has 8 heteroatoms. The molecule has 1 saturated heterocycles. The maximum absolute atomic E-state index is 10.2. The van der Waals surface area contributed by atoms with Crippen LogP contribution in [-0.2, 0) is 27.4 Å². The highest BCUT2D eigenvalue weighted by molar-refractivity contribution is 7.99. The van der Waals surface area contributed by atoms with Gasteiger partial charge in [0.05, 0.1) is 25.9 Å². The molecule has 1 aliphatic rings. The first-order valence-corrected chi connectivity index (χ1v) is 12.4. The van der Waals surface area contributed by atoms with Gasteiger partial charge >= 0.3 is 0 Å². The van der Waals surface area contributed by atoms with E-state index in [0.29, 0.717) is 13.2 Å². The molecule has 0 radical (unpaired) electrons. The van der Waals surface area contributed by atoms with E-state index in [-0.39, 0.29) is 6.61 Å². The first-order chi connectivity index (χ1) is 17.2. The zero-order valence-electron chi connectivity index (χ0n) is 19.5. The van der Waals surface area contributed by atoms with Crippen LogP contribution in [0.3, 0.4) is 0 Å². The van der Waals surface area contributed by atoms with E-state index in [1.165, 1.54) is 11.8 Å². The molecule has 0 spiro atoms. The van der Waals surface area contributed by atoms with Crippen LogP contribution in [0.4, 0.5) is 0 Å². The quantitative estimate of drug-likeness (QED) is 0.224. The second-order valence-corrected chi connectivity index (χ2v) is 9.55. The van der Waals surface area contributed by atoms with Crippen molar-refractivity contribution >= 4 is 11.8 Å². The highest BCUT2D eigenvalue weighted by Gasteiger charge is 2.47. The number of thioether (sulfide) groups is 1. The van der Waals surface area contributed by atoms with Gasteiger partial charge in [-0.1, -0.05) is 95.2 Å². The summed E-state index contributed by atoms with van der Waals surface area (Å²) in [6.45, 7) is 2.40. The number of rotatable bonds is 10. The summed E-state index contributed by atoms with van der Waals surface area (Å²) in [4.78, 5) is 4.08. The van der Waals surface area contributed by atoms with Crippen LogP contribution in [0, 0.1) is 6.92 Å². The third-order valence-electron chi connectivity index (χ3n) is 5.82. The molecular formula is C27H29N3O4S. The minimum atomic E-state index is -0.668. The maximum atomic E-state index is 10.2. The van der Waals surface area contributed by atoms with Crippen molar-refractivity contribution in [2.75, 3.05) is 6.61 Å². The van der Waals surface area contributed by atoms with Gasteiger partial charge in [0, 0.05) is 9.81 Å². The van der Waals surface area contributed by atoms with Crippen molar-refractivity contribution in [1.29, 1.82) is 0 Å². The summed E-state index contributed by atoms with van der Waals surface area (Å²) in [5, 5.41) is 14.3. The lowest BCUT2D eigenvalue weighted by Gasteiger charge is -2.44. The normalized spacial score (nSPS) is 24.0. The average Bonchev–Trinajstić information content (AvgIpc) is 2.90. The number of aliphatic hydroxyl groups excluding tert-OH is 1. The van der Waals surface area contributed by atoms with Crippen LogP contribution in [0.1, 0.15) is 16.7 Å². The number of hydrogen-bond acceptors (Lipinski definition) is 6. The highest BCUT2D eigenvalue weighted by atomic mass is 32.2. The molecule has 35 heavy (non-hydrogen) atoms. The van der Waals surface area contributed by atoms with Gasteiger partial charge in [-0.2, -0.15) is 0 Å². The number of aryl methyl sites for hydroxylation is 1. The lowest BCUT2D eigenvalue weighted by molar-refractivity contribution is -0.206. The Morgan fingerprint density at radius 2 is 1.46 bits per heavy atom. The van der Waals surface area contributed by atoms with E-state index < -0.39 is 29.8 Å². The van der Waals surface area contributed by atoms with Crippen molar-refractivity contribution < 1.29 is 19.3 Å². The van der Waals surface area contributed by atoms with Gasteiger partial charge in [-0.05, 0) is 35.7 Å². The standard InChI is InChI=1S/C27H29N3O4S/c1-19-12-14-22(15-13-19)35-27-24(29-30-28)26(33-18-21-10-6-3-7-11-21)25(23(16-31)34-27)32-17-20-8-4-2-5-9-20/h2-15,23-27,31H,16-18H2,1H3/t23-,24-,25-,26-,27-/m1/s1. The lowest BCUT2D eigenvalue weighted by atomic mass is 9.97. The summed E-state index contributed by atoms with van der Waals surface area (Å²) in [5.74, 6) is 0. The van der Waals surface area contributed by atoms with Crippen LogP contribution in [0.5, 0.6) is 0 Å². The SMILES string of the molecule is Cc1ccc(S[C@H]2O[C@H](CO)[C@@H](OCc3ccccc3)[C@H](OCc3ccccc3)[C@H]2N=[N+]=[N-])cc1. The summed E-state index contributed by atoms with van der Waals surface area (Å²) in [5.41, 5.74) is 12.0. The van der Waals surface area contributed by atoms with Crippen molar-refractivity contribution in [3.05, 3.63) is 112 Å². The predicted octanol–water partition coefficient (Wildman–Crippen LogP) is 5.65. The first-order valence-electron chi connectivity index (χ1n) is 11.5. The third-order valence-corrected chi connectivity index (χ3v) is 6.99. The van der Waals surface area contributed by atoms with E-state index in [9.17, 15) is 10.6 Å². The molecular weight excluding hydrogens is 462 g/mol. The van der Waals surface area contributed by atoms with Gasteiger partial charge in [0.25, 0.3) is 0 Å². The van der Waals surface area contributed by atoms with Crippen molar-refractivity contribution in [3.8, 4) is 0 Å². The summed E-state index contributed by atoms with van der Waals surface area (Å²) in [6.07, 6.45) is -1.90. The van der Waals surface area contributed by atoms with E-state index in [2.05, 4.69) is 10.0 Å². The van der Waals surface area contributed by atoms with E-state index in [4.69, 9.17) is 14.2 Å². The van der Waals surface area contributed by atoms with Crippen molar-refractivity contribution in [2.45, 2.75) is 54.8 Å². The highest BCUT2D eigenvalue weighted by Crippen LogP contribution is 2.37. The van der Waals surface area contributed by atoms with Gasteiger partial charge in [-0.3, -0.25) is 0 Å². The van der Waals surface area contributed by atoms with Gasteiger partial charge in [0.15, 0.2) is 0 Å². The summed E-state index contributed by atoms with van der Waals surface area (Å²) in [6, 6.07) is 26.9. The van der Waals surface area contributed by atoms with Crippen molar-refractivity contribution in [3.63, 3.8) is 0 Å². The number of hydrogen-bond donors (Lipinski definition) is 1. The van der Waals surface area contributed by atoms with E-state index >= 15 is 0 Å². The molecule has 5 atom stereocenters. The van der Waals surface area contributed by atoms with Gasteiger partial charge < -0.3 is 19.3 Å². The van der Waals surface area contributed by atoms with Crippen LogP contribution < -0.4 is 0 Å². The van der Waals surface area contributed by atoms with Gasteiger partial charge in [0.2, 0.25) is 0 Å². The van der Waals surface area contributed by atoms with Crippen LogP contribution in [0.2, 0.25) is 0 Å². The minimum absolute atomic E-state index is 0.251. The molecule has 1 heterocycles. The van der Waals surface area contributed by atoms with Crippen LogP contribution in [-0.4, -0.2) is 41.5 Å². The first kappa shape index (κ1) is 25.3. The van der Waals surface area contributed by atoms with Gasteiger partial charge in [0.1, 0.15) is 23.7 Å². The monoisotopic (exact) mass is 491 g/mol. The molecule has 3 aromatic rings. The van der Waals surface area contributed by atoms with Crippen molar-refractivity contribution in [2.24, 2.45) is 5.11 Å². The van der Waals surface area contributed by atoms with Gasteiger partial charge in [-0.25, -0.2) is 0 Å². The summed E-state index contributed by atoms with van der Waals surface area (Å²) >= 11 is 1.45. The molecule has 0 aromatic heterocycles. The fourth-order valence-electron chi connectivity index (χ4n) is 4.00. The Balaban J connectivity index is 1.60. The number of benzene rings is 3. The zero-order valence-corrected chi connectivity index (χ0v) is 20.3. The summed E-state index contributed by atoms with van der Waals surface area (Å²) in [7, 11) is 0. The molecule has 0 saturated carbocycles. The number of azide groups is 1. The molecule has 0 aliphatic carbocycles. The molecule has 1 N–H and O–H groups in total. The molecule has 182 valence electrons.